The first-order valence-electron chi connectivity index (χ1n) is 6.17. The molecule has 0 aromatic heterocycles. The van der Waals surface area contributed by atoms with Crippen LogP contribution in [0, 0.1) is 5.41 Å². The van der Waals surface area contributed by atoms with Gasteiger partial charge in [0.25, 0.3) is 0 Å². The third-order valence-corrected chi connectivity index (χ3v) is 3.15. The first-order valence-corrected chi connectivity index (χ1v) is 6.17. The fourth-order valence-electron chi connectivity index (χ4n) is 1.89. The number of amides is 1. The maximum atomic E-state index is 11.8. The van der Waals surface area contributed by atoms with Gasteiger partial charge < -0.3 is 5.32 Å². The van der Waals surface area contributed by atoms with Crippen LogP contribution >= 0.6 is 0 Å². The van der Waals surface area contributed by atoms with E-state index in [0.29, 0.717) is 6.04 Å². The molecule has 94 valence electrons. The van der Waals surface area contributed by atoms with Gasteiger partial charge in [-0.25, -0.2) is 0 Å². The summed E-state index contributed by atoms with van der Waals surface area (Å²) in [5, 5.41) is 3.14. The minimum Gasteiger partial charge on any atom is -0.352 e. The van der Waals surface area contributed by atoms with Crippen LogP contribution in [0.1, 0.15) is 48.0 Å². The van der Waals surface area contributed by atoms with Crippen molar-refractivity contribution in [1.29, 1.82) is 0 Å². The van der Waals surface area contributed by atoms with Crippen molar-refractivity contribution in [1.82, 2.24) is 10.2 Å². The van der Waals surface area contributed by atoms with Crippen LogP contribution < -0.4 is 5.32 Å². The van der Waals surface area contributed by atoms with Gasteiger partial charge in [-0.15, -0.1) is 0 Å². The van der Waals surface area contributed by atoms with Crippen molar-refractivity contribution in [3.63, 3.8) is 0 Å². The second-order valence-electron chi connectivity index (χ2n) is 6.83. The molecular weight excluding hydrogens is 200 g/mol. The Morgan fingerprint density at radius 2 is 1.75 bits per heavy atom. The number of likely N-dealkylation sites (tertiary alicyclic amines) is 1. The molecule has 3 heteroatoms. The van der Waals surface area contributed by atoms with Gasteiger partial charge in [-0.3, -0.25) is 9.69 Å². The lowest BCUT2D eigenvalue weighted by atomic mass is 9.95. The van der Waals surface area contributed by atoms with Gasteiger partial charge in [-0.1, -0.05) is 20.8 Å². The lowest BCUT2D eigenvalue weighted by molar-refractivity contribution is -0.129. The zero-order chi connectivity index (χ0) is 12.6. The van der Waals surface area contributed by atoms with Crippen molar-refractivity contribution >= 4 is 5.91 Å². The molecule has 1 rings (SSSR count). The van der Waals surface area contributed by atoms with Crippen LogP contribution in [0.25, 0.3) is 0 Å². The maximum Gasteiger partial charge on any atom is 0.225 e. The van der Waals surface area contributed by atoms with E-state index in [9.17, 15) is 4.79 Å². The van der Waals surface area contributed by atoms with E-state index in [4.69, 9.17) is 0 Å². The van der Waals surface area contributed by atoms with Gasteiger partial charge in [0.2, 0.25) is 5.91 Å². The van der Waals surface area contributed by atoms with E-state index in [0.717, 1.165) is 19.5 Å². The highest BCUT2D eigenvalue weighted by Crippen LogP contribution is 2.21. The summed E-state index contributed by atoms with van der Waals surface area (Å²) in [7, 11) is 0. The fourth-order valence-corrected chi connectivity index (χ4v) is 1.89. The average molecular weight is 226 g/mol. The summed E-state index contributed by atoms with van der Waals surface area (Å²) in [5.74, 6) is 0.160. The summed E-state index contributed by atoms with van der Waals surface area (Å²) in [6, 6.07) is 0.325. The van der Waals surface area contributed by atoms with Gasteiger partial charge in [0, 0.05) is 30.1 Å². The van der Waals surface area contributed by atoms with E-state index < -0.39 is 0 Å². The highest BCUT2D eigenvalue weighted by molar-refractivity contribution is 5.81. The Bertz CT molecular complexity index is 260. The van der Waals surface area contributed by atoms with E-state index in [1.807, 2.05) is 20.8 Å². The van der Waals surface area contributed by atoms with Gasteiger partial charge in [-0.05, 0) is 27.2 Å². The largest absolute Gasteiger partial charge is 0.352 e. The Morgan fingerprint density at radius 3 is 2.12 bits per heavy atom. The molecular formula is C13H26N2O. The Balaban J connectivity index is 2.47. The van der Waals surface area contributed by atoms with Gasteiger partial charge in [0.15, 0.2) is 0 Å². The lowest BCUT2D eigenvalue weighted by Crippen LogP contribution is -2.45. The van der Waals surface area contributed by atoms with E-state index in [1.54, 1.807) is 0 Å². The molecule has 1 saturated heterocycles. The number of hydrogen-bond donors (Lipinski definition) is 1. The summed E-state index contributed by atoms with van der Waals surface area (Å²) < 4.78 is 0. The predicted molar refractivity (Wildman–Crippen MR) is 67.3 cm³/mol. The molecule has 0 aromatic rings. The van der Waals surface area contributed by atoms with Crippen LogP contribution in [0.15, 0.2) is 0 Å². The first-order chi connectivity index (χ1) is 7.10. The second-order valence-corrected chi connectivity index (χ2v) is 6.83. The summed E-state index contributed by atoms with van der Waals surface area (Å²) in [6.45, 7) is 14.6. The third kappa shape index (κ3) is 3.48. The molecule has 16 heavy (non-hydrogen) atoms. The lowest BCUT2D eigenvalue weighted by Gasteiger charge is -2.32. The number of nitrogens with zero attached hydrogens (tertiary/aromatic N) is 1. The Labute approximate surface area is 99.6 Å². The number of carbonyl (C=O) groups is 1. The average Bonchev–Trinajstić information content (AvgIpc) is 2.49. The fraction of sp³-hybridized carbons (Fsp3) is 0.923. The normalized spacial score (nSPS) is 23.5. The highest BCUT2D eigenvalue weighted by atomic mass is 16.2. The number of carbonyl (C=O) groups excluding carboxylic acids is 1. The molecule has 1 fully saturated rings. The topological polar surface area (TPSA) is 32.3 Å². The molecule has 0 unspecified atom stereocenters. The van der Waals surface area contributed by atoms with Crippen molar-refractivity contribution in [3.8, 4) is 0 Å². The predicted octanol–water partition coefficient (Wildman–Crippen LogP) is 2.02. The molecule has 1 aliphatic rings. The van der Waals surface area contributed by atoms with Gasteiger partial charge in [0.05, 0.1) is 0 Å². The van der Waals surface area contributed by atoms with Gasteiger partial charge >= 0.3 is 0 Å². The van der Waals surface area contributed by atoms with Crippen LogP contribution in [-0.2, 0) is 4.79 Å². The number of nitrogens with one attached hydrogen (secondary N) is 1. The monoisotopic (exact) mass is 226 g/mol. The molecule has 0 aliphatic carbocycles. The minimum absolute atomic E-state index is 0.160. The van der Waals surface area contributed by atoms with Crippen molar-refractivity contribution in [3.05, 3.63) is 0 Å². The SMILES string of the molecule is CC(C)(C)C(=O)N[C@@H]1CCN(C(C)(C)C)C1. The van der Waals surface area contributed by atoms with Crippen molar-refractivity contribution in [2.45, 2.75) is 59.5 Å². The molecule has 1 N–H and O–H groups in total. The van der Waals surface area contributed by atoms with Crippen LogP contribution in [0.5, 0.6) is 0 Å². The van der Waals surface area contributed by atoms with E-state index >= 15 is 0 Å². The third-order valence-electron chi connectivity index (χ3n) is 3.15. The Kier molecular flexibility index (Phi) is 3.68. The molecule has 0 spiro atoms. The van der Waals surface area contributed by atoms with Crippen LogP contribution in [0.2, 0.25) is 0 Å². The minimum atomic E-state index is -0.283. The molecule has 0 aromatic carbocycles. The first kappa shape index (κ1) is 13.5. The van der Waals surface area contributed by atoms with Gasteiger partial charge in [0.1, 0.15) is 0 Å². The summed E-state index contributed by atoms with van der Waals surface area (Å²) in [4.78, 5) is 14.3. The Morgan fingerprint density at radius 1 is 1.19 bits per heavy atom. The van der Waals surface area contributed by atoms with E-state index in [2.05, 4.69) is 31.0 Å². The van der Waals surface area contributed by atoms with Crippen molar-refractivity contribution in [2.24, 2.45) is 5.41 Å². The second kappa shape index (κ2) is 4.36. The van der Waals surface area contributed by atoms with Gasteiger partial charge in [-0.2, -0.15) is 0 Å². The molecule has 3 nitrogen and oxygen atoms in total. The molecule has 0 bridgehead atoms. The number of hydrogen-bond acceptors (Lipinski definition) is 2. The zero-order valence-corrected chi connectivity index (χ0v) is 11.6. The smallest absolute Gasteiger partial charge is 0.225 e. The standard InChI is InChI=1S/C13H26N2O/c1-12(2,3)11(16)14-10-7-8-15(9-10)13(4,5)6/h10H,7-9H2,1-6H3,(H,14,16)/t10-/m1/s1. The maximum absolute atomic E-state index is 11.8. The molecule has 0 saturated carbocycles. The zero-order valence-electron chi connectivity index (χ0n) is 11.6. The van der Waals surface area contributed by atoms with Crippen LogP contribution in [-0.4, -0.2) is 35.5 Å². The molecule has 1 amide bonds. The van der Waals surface area contributed by atoms with Crippen molar-refractivity contribution in [2.75, 3.05) is 13.1 Å². The van der Waals surface area contributed by atoms with Crippen LogP contribution in [0.3, 0.4) is 0 Å². The summed E-state index contributed by atoms with van der Waals surface area (Å²) in [6.07, 6.45) is 1.07. The van der Waals surface area contributed by atoms with Crippen LogP contribution in [0.4, 0.5) is 0 Å². The quantitative estimate of drug-likeness (QED) is 0.742. The summed E-state index contributed by atoms with van der Waals surface area (Å²) >= 11 is 0. The highest BCUT2D eigenvalue weighted by Gasteiger charge is 2.32. The Hall–Kier alpha value is -0.570. The van der Waals surface area contributed by atoms with E-state index in [1.165, 1.54) is 0 Å². The molecule has 1 heterocycles. The van der Waals surface area contributed by atoms with Crippen molar-refractivity contribution < 1.29 is 4.79 Å². The number of rotatable bonds is 1. The summed E-state index contributed by atoms with van der Waals surface area (Å²) in [5.41, 5.74) is -0.0731. The molecule has 0 radical (unpaired) electrons. The molecule has 1 aliphatic heterocycles. The molecule has 1 atom stereocenters. The van der Waals surface area contributed by atoms with E-state index in [-0.39, 0.29) is 16.9 Å².